The molecule has 0 amide bonds. The number of aliphatic hydroxyl groups is 3. The molecular formula is C20H32O4. The molecule has 0 unspecified atom stereocenters. The number of rotatable bonds is 2. The van der Waals surface area contributed by atoms with Gasteiger partial charge in [0, 0.05) is 12.0 Å². The number of epoxide rings is 1. The Morgan fingerprint density at radius 2 is 1.83 bits per heavy atom. The molecule has 0 aromatic heterocycles. The number of ether oxygens (including phenoxy) is 1. The lowest BCUT2D eigenvalue weighted by Gasteiger charge is -2.65. The van der Waals surface area contributed by atoms with Crippen molar-refractivity contribution < 1.29 is 20.1 Å². The van der Waals surface area contributed by atoms with Gasteiger partial charge in [0.25, 0.3) is 0 Å². The summed E-state index contributed by atoms with van der Waals surface area (Å²) in [5.74, 6) is 1.27. The molecule has 5 fully saturated rings. The highest BCUT2D eigenvalue weighted by Gasteiger charge is 2.82. The Balaban J connectivity index is 1.59. The Bertz CT molecular complexity index is 566. The van der Waals surface area contributed by atoms with Gasteiger partial charge in [-0.2, -0.15) is 0 Å². The SMILES string of the molecule is C[C@]1(CO)CCC[C@]2(C)[C@@H]1C[C@@H](O)[C@@]13C[C@@H](CC[C@@H]21)[C@]1(CO)O[C@@H]13. The molecule has 9 atom stereocenters. The van der Waals surface area contributed by atoms with Crippen molar-refractivity contribution in [3.63, 3.8) is 0 Å². The van der Waals surface area contributed by atoms with Crippen molar-refractivity contribution in [1.82, 2.24) is 0 Å². The van der Waals surface area contributed by atoms with Gasteiger partial charge in [-0.05, 0) is 67.1 Å². The van der Waals surface area contributed by atoms with Gasteiger partial charge in [0.2, 0.25) is 0 Å². The van der Waals surface area contributed by atoms with E-state index in [1.54, 1.807) is 0 Å². The quantitative estimate of drug-likeness (QED) is 0.675. The predicted molar refractivity (Wildman–Crippen MR) is 89.2 cm³/mol. The highest BCUT2D eigenvalue weighted by atomic mass is 16.6. The molecule has 24 heavy (non-hydrogen) atoms. The van der Waals surface area contributed by atoms with Gasteiger partial charge in [0.1, 0.15) is 5.60 Å². The summed E-state index contributed by atoms with van der Waals surface area (Å²) in [6.45, 7) is 5.00. The largest absolute Gasteiger partial charge is 0.396 e. The molecule has 5 rings (SSSR count). The van der Waals surface area contributed by atoms with Crippen LogP contribution in [0.4, 0.5) is 0 Å². The van der Waals surface area contributed by atoms with Gasteiger partial charge in [0.05, 0.1) is 18.8 Å². The first-order valence-electron chi connectivity index (χ1n) is 9.95. The smallest absolute Gasteiger partial charge is 0.121 e. The lowest BCUT2D eigenvalue weighted by atomic mass is 9.40. The van der Waals surface area contributed by atoms with E-state index in [1.807, 2.05) is 0 Å². The molecule has 1 heterocycles. The molecule has 0 radical (unpaired) electrons. The van der Waals surface area contributed by atoms with Crippen LogP contribution in [0.2, 0.25) is 0 Å². The van der Waals surface area contributed by atoms with Crippen molar-refractivity contribution in [3.05, 3.63) is 0 Å². The minimum Gasteiger partial charge on any atom is -0.396 e. The molecule has 1 spiro atoms. The van der Waals surface area contributed by atoms with Crippen molar-refractivity contribution in [2.24, 2.45) is 34.0 Å². The van der Waals surface area contributed by atoms with Crippen LogP contribution in [0.1, 0.15) is 58.8 Å². The molecule has 4 aliphatic carbocycles. The number of hydrogen-bond acceptors (Lipinski definition) is 4. The Morgan fingerprint density at radius 3 is 2.54 bits per heavy atom. The lowest BCUT2D eigenvalue weighted by molar-refractivity contribution is -0.220. The summed E-state index contributed by atoms with van der Waals surface area (Å²) in [5.41, 5.74) is -0.376. The monoisotopic (exact) mass is 336 g/mol. The second-order valence-electron chi connectivity index (χ2n) is 10.2. The van der Waals surface area contributed by atoms with Gasteiger partial charge in [-0.1, -0.05) is 20.3 Å². The van der Waals surface area contributed by atoms with E-state index < -0.39 is 0 Å². The summed E-state index contributed by atoms with van der Waals surface area (Å²) in [6.07, 6.45) is 7.24. The Hall–Kier alpha value is -0.160. The first-order valence-corrected chi connectivity index (χ1v) is 9.95. The average molecular weight is 336 g/mol. The summed E-state index contributed by atoms with van der Waals surface area (Å²) in [6, 6.07) is 0. The number of aliphatic hydroxyl groups excluding tert-OH is 3. The molecule has 5 aliphatic rings. The van der Waals surface area contributed by atoms with Crippen LogP contribution in [0.25, 0.3) is 0 Å². The predicted octanol–water partition coefficient (Wildman–Crippen LogP) is 2.10. The standard InChI is InChI=1S/C20H32O4/c1-17(10-21)6-3-7-18(2)13-5-4-12-9-19(13,15(23)8-14(17)18)16-20(12,11-22)24-16/h12-16,21-23H,3-11H2,1-2H3/t12-,13+,14-,15-,16-,17-,18+,19-,20+/m1/s1. The molecule has 4 heteroatoms. The molecular weight excluding hydrogens is 304 g/mol. The summed E-state index contributed by atoms with van der Waals surface area (Å²) >= 11 is 0. The first kappa shape index (κ1) is 16.0. The minimum absolute atomic E-state index is 0.0579. The summed E-state index contributed by atoms with van der Waals surface area (Å²) in [5, 5.41) is 31.4. The summed E-state index contributed by atoms with van der Waals surface area (Å²) in [4.78, 5) is 0. The van der Waals surface area contributed by atoms with E-state index in [-0.39, 0.29) is 47.3 Å². The van der Waals surface area contributed by atoms with Gasteiger partial charge in [-0.25, -0.2) is 0 Å². The topological polar surface area (TPSA) is 73.2 Å². The van der Waals surface area contributed by atoms with Gasteiger partial charge in [-0.3, -0.25) is 0 Å². The zero-order valence-corrected chi connectivity index (χ0v) is 15.0. The Morgan fingerprint density at radius 1 is 1.04 bits per heavy atom. The van der Waals surface area contributed by atoms with Gasteiger partial charge in [0.15, 0.2) is 0 Å². The highest BCUT2D eigenvalue weighted by molar-refractivity contribution is 5.30. The van der Waals surface area contributed by atoms with Crippen LogP contribution in [0.15, 0.2) is 0 Å². The van der Waals surface area contributed by atoms with Crippen molar-refractivity contribution in [2.75, 3.05) is 13.2 Å². The van der Waals surface area contributed by atoms with Gasteiger partial charge in [-0.15, -0.1) is 0 Å². The van der Waals surface area contributed by atoms with Crippen LogP contribution in [0.3, 0.4) is 0 Å². The maximum atomic E-state index is 11.3. The van der Waals surface area contributed by atoms with Crippen molar-refractivity contribution in [3.8, 4) is 0 Å². The second kappa shape index (κ2) is 4.57. The molecule has 1 aliphatic heterocycles. The molecule has 4 nitrogen and oxygen atoms in total. The molecule has 0 aromatic rings. The lowest BCUT2D eigenvalue weighted by Crippen LogP contribution is -2.63. The maximum Gasteiger partial charge on any atom is 0.121 e. The zero-order chi connectivity index (χ0) is 17.0. The zero-order valence-electron chi connectivity index (χ0n) is 15.0. The normalized spacial score (nSPS) is 64.1. The molecule has 136 valence electrons. The van der Waals surface area contributed by atoms with Crippen molar-refractivity contribution in [1.29, 1.82) is 0 Å². The molecule has 2 bridgehead atoms. The summed E-state index contributed by atoms with van der Waals surface area (Å²) < 4.78 is 6.13. The van der Waals surface area contributed by atoms with E-state index in [2.05, 4.69) is 13.8 Å². The van der Waals surface area contributed by atoms with E-state index in [1.165, 1.54) is 12.8 Å². The fourth-order valence-corrected chi connectivity index (χ4v) is 8.43. The fourth-order valence-electron chi connectivity index (χ4n) is 8.43. The third-order valence-corrected chi connectivity index (χ3v) is 9.54. The Kier molecular flexibility index (Phi) is 3.05. The second-order valence-corrected chi connectivity index (χ2v) is 10.2. The molecule has 3 N–H and O–H groups in total. The van der Waals surface area contributed by atoms with E-state index in [4.69, 9.17) is 4.74 Å². The van der Waals surface area contributed by atoms with Gasteiger partial charge < -0.3 is 20.1 Å². The highest BCUT2D eigenvalue weighted by Crippen LogP contribution is 2.77. The Labute approximate surface area is 144 Å². The van der Waals surface area contributed by atoms with Crippen LogP contribution in [0, 0.1) is 34.0 Å². The third-order valence-electron chi connectivity index (χ3n) is 9.54. The van der Waals surface area contributed by atoms with Crippen LogP contribution in [-0.2, 0) is 4.74 Å². The van der Waals surface area contributed by atoms with E-state index >= 15 is 0 Å². The van der Waals surface area contributed by atoms with Crippen LogP contribution in [-0.4, -0.2) is 46.3 Å². The molecule has 4 saturated carbocycles. The van der Waals surface area contributed by atoms with Crippen molar-refractivity contribution in [2.45, 2.75) is 76.6 Å². The first-order chi connectivity index (χ1) is 11.4. The van der Waals surface area contributed by atoms with Crippen molar-refractivity contribution >= 4 is 0 Å². The minimum atomic E-state index is -0.353. The van der Waals surface area contributed by atoms with E-state index in [0.29, 0.717) is 17.8 Å². The van der Waals surface area contributed by atoms with Crippen LogP contribution < -0.4 is 0 Å². The molecule has 1 saturated heterocycles. The number of hydrogen-bond donors (Lipinski definition) is 3. The van der Waals surface area contributed by atoms with E-state index in [9.17, 15) is 15.3 Å². The average Bonchev–Trinajstić information content (AvgIpc) is 3.29. The summed E-state index contributed by atoms with van der Waals surface area (Å²) in [7, 11) is 0. The van der Waals surface area contributed by atoms with Crippen LogP contribution >= 0.6 is 0 Å². The fraction of sp³-hybridized carbons (Fsp3) is 1.00. The maximum absolute atomic E-state index is 11.3. The van der Waals surface area contributed by atoms with Crippen LogP contribution in [0.5, 0.6) is 0 Å². The third kappa shape index (κ3) is 1.53. The van der Waals surface area contributed by atoms with E-state index in [0.717, 1.165) is 32.1 Å². The van der Waals surface area contributed by atoms with Gasteiger partial charge >= 0.3 is 0 Å². The molecule has 0 aromatic carbocycles. The number of fused-ring (bicyclic) bond motifs is 5.